The minimum atomic E-state index is -2.88. The number of rotatable bonds is 3. The minimum absolute atomic E-state index is 0.0732. The molecule has 1 aliphatic heterocycles. The van der Waals surface area contributed by atoms with Gasteiger partial charge < -0.3 is 5.32 Å². The summed E-state index contributed by atoms with van der Waals surface area (Å²) in [6, 6.07) is -0.0732. The van der Waals surface area contributed by atoms with Crippen molar-refractivity contribution in [2.75, 3.05) is 16.8 Å². The van der Waals surface area contributed by atoms with Gasteiger partial charge in [0.25, 0.3) is 0 Å². The first-order chi connectivity index (χ1) is 7.46. The van der Waals surface area contributed by atoms with Gasteiger partial charge >= 0.3 is 0 Å². The monoisotopic (exact) mass is 260 g/mol. The molecular weight excluding hydrogens is 248 g/mol. The number of nitrogens with one attached hydrogen (secondary N) is 1. The van der Waals surface area contributed by atoms with E-state index < -0.39 is 9.84 Å². The standard InChI is InChI=1S/C9H12N2O3S2/c1-6(12)8-4-15-9(11-8)10-7-2-3-16(13,14)5-7/h4,7H,2-3,5H2,1H3,(H,10,11). The maximum absolute atomic E-state index is 11.2. The van der Waals surface area contributed by atoms with Crippen molar-refractivity contribution in [3.63, 3.8) is 0 Å². The molecular formula is C9H12N2O3S2. The second-order valence-corrected chi connectivity index (χ2v) is 6.93. The highest BCUT2D eigenvalue weighted by Gasteiger charge is 2.28. The van der Waals surface area contributed by atoms with Crippen LogP contribution in [0.25, 0.3) is 0 Å². The Morgan fingerprint density at radius 3 is 2.88 bits per heavy atom. The van der Waals surface area contributed by atoms with Gasteiger partial charge in [-0.05, 0) is 6.42 Å². The number of hydrogen-bond donors (Lipinski definition) is 1. The quantitative estimate of drug-likeness (QED) is 0.819. The van der Waals surface area contributed by atoms with Crippen LogP contribution in [0.2, 0.25) is 0 Å². The van der Waals surface area contributed by atoms with Gasteiger partial charge in [-0.3, -0.25) is 4.79 Å². The molecule has 1 aromatic heterocycles. The first-order valence-corrected chi connectivity index (χ1v) is 7.60. The predicted molar refractivity (Wildman–Crippen MR) is 62.8 cm³/mol. The highest BCUT2D eigenvalue weighted by molar-refractivity contribution is 7.91. The highest BCUT2D eigenvalue weighted by atomic mass is 32.2. The van der Waals surface area contributed by atoms with E-state index in [-0.39, 0.29) is 23.3 Å². The molecule has 1 N–H and O–H groups in total. The summed E-state index contributed by atoms with van der Waals surface area (Å²) in [4.78, 5) is 15.1. The first-order valence-electron chi connectivity index (χ1n) is 4.90. The van der Waals surface area contributed by atoms with E-state index in [9.17, 15) is 13.2 Å². The summed E-state index contributed by atoms with van der Waals surface area (Å²) in [7, 11) is -2.88. The molecule has 0 aromatic carbocycles. The average molecular weight is 260 g/mol. The van der Waals surface area contributed by atoms with Gasteiger partial charge in [0.2, 0.25) is 0 Å². The van der Waals surface area contributed by atoms with E-state index in [4.69, 9.17) is 0 Å². The third-order valence-corrected chi connectivity index (χ3v) is 4.97. The number of thiazole rings is 1. The maximum Gasteiger partial charge on any atom is 0.183 e. The number of nitrogens with zero attached hydrogens (tertiary/aromatic N) is 1. The molecule has 0 radical (unpaired) electrons. The minimum Gasteiger partial charge on any atom is -0.358 e. The van der Waals surface area contributed by atoms with Gasteiger partial charge in [-0.15, -0.1) is 11.3 Å². The molecule has 0 saturated carbocycles. The SMILES string of the molecule is CC(=O)c1csc(NC2CCS(=O)(=O)C2)n1. The van der Waals surface area contributed by atoms with Crippen LogP contribution in [0, 0.1) is 0 Å². The van der Waals surface area contributed by atoms with Crippen LogP contribution in [0.15, 0.2) is 5.38 Å². The lowest BCUT2D eigenvalue weighted by molar-refractivity contribution is 0.101. The number of carbonyl (C=O) groups is 1. The molecule has 0 spiro atoms. The van der Waals surface area contributed by atoms with Crippen molar-refractivity contribution in [1.29, 1.82) is 0 Å². The van der Waals surface area contributed by atoms with Crippen LogP contribution in [0.5, 0.6) is 0 Å². The molecule has 1 fully saturated rings. The van der Waals surface area contributed by atoms with Gasteiger partial charge in [0.1, 0.15) is 5.69 Å². The molecule has 0 aliphatic carbocycles. The van der Waals surface area contributed by atoms with Crippen molar-refractivity contribution in [3.05, 3.63) is 11.1 Å². The van der Waals surface area contributed by atoms with E-state index in [2.05, 4.69) is 10.3 Å². The van der Waals surface area contributed by atoms with Crippen molar-refractivity contribution in [1.82, 2.24) is 4.98 Å². The van der Waals surface area contributed by atoms with E-state index in [1.807, 2.05) is 0 Å². The van der Waals surface area contributed by atoms with Crippen LogP contribution >= 0.6 is 11.3 Å². The smallest absolute Gasteiger partial charge is 0.183 e. The Bertz CT molecular complexity index is 507. The molecule has 2 heterocycles. The zero-order chi connectivity index (χ0) is 11.8. The second kappa shape index (κ2) is 4.14. The van der Waals surface area contributed by atoms with Gasteiger partial charge in [-0.1, -0.05) is 0 Å². The van der Waals surface area contributed by atoms with E-state index in [1.54, 1.807) is 5.38 Å². The molecule has 1 saturated heterocycles. The Hall–Kier alpha value is -0.950. The number of aromatic nitrogens is 1. The van der Waals surface area contributed by atoms with Gasteiger partial charge in [-0.2, -0.15) is 0 Å². The lowest BCUT2D eigenvalue weighted by Crippen LogP contribution is -2.20. The average Bonchev–Trinajstić information content (AvgIpc) is 2.73. The molecule has 7 heteroatoms. The zero-order valence-corrected chi connectivity index (χ0v) is 10.4. The molecule has 0 bridgehead atoms. The summed E-state index contributed by atoms with van der Waals surface area (Å²) in [6.45, 7) is 1.46. The van der Waals surface area contributed by atoms with Crippen LogP contribution in [-0.2, 0) is 9.84 Å². The fourth-order valence-electron chi connectivity index (χ4n) is 1.59. The maximum atomic E-state index is 11.2. The molecule has 1 unspecified atom stereocenters. The second-order valence-electron chi connectivity index (χ2n) is 3.84. The van der Waals surface area contributed by atoms with Gasteiger partial charge in [0.15, 0.2) is 20.8 Å². The summed E-state index contributed by atoms with van der Waals surface area (Å²) in [5.41, 5.74) is 0.424. The molecule has 1 aliphatic rings. The first kappa shape index (κ1) is 11.5. The number of hydrogen-bond acceptors (Lipinski definition) is 6. The van der Waals surface area contributed by atoms with E-state index in [0.29, 0.717) is 17.2 Å². The fraction of sp³-hybridized carbons (Fsp3) is 0.556. The Morgan fingerprint density at radius 1 is 1.62 bits per heavy atom. The van der Waals surface area contributed by atoms with Crippen LogP contribution in [0.1, 0.15) is 23.8 Å². The Balaban J connectivity index is 2.02. The molecule has 88 valence electrons. The molecule has 5 nitrogen and oxygen atoms in total. The summed E-state index contributed by atoms with van der Waals surface area (Å²) in [6.07, 6.45) is 0.608. The van der Waals surface area contributed by atoms with E-state index in [1.165, 1.54) is 18.3 Å². The van der Waals surface area contributed by atoms with Crippen molar-refractivity contribution < 1.29 is 13.2 Å². The van der Waals surface area contributed by atoms with Crippen molar-refractivity contribution in [2.24, 2.45) is 0 Å². The summed E-state index contributed by atoms with van der Waals surface area (Å²) < 4.78 is 22.5. The third kappa shape index (κ3) is 2.59. The van der Waals surface area contributed by atoms with Crippen LogP contribution in [0.3, 0.4) is 0 Å². The third-order valence-electron chi connectivity index (χ3n) is 2.42. The topological polar surface area (TPSA) is 76.1 Å². The molecule has 0 amide bonds. The fourth-order valence-corrected chi connectivity index (χ4v) is 4.09. The highest BCUT2D eigenvalue weighted by Crippen LogP contribution is 2.21. The normalized spacial score (nSPS) is 23.2. The van der Waals surface area contributed by atoms with E-state index >= 15 is 0 Å². The number of ketones is 1. The van der Waals surface area contributed by atoms with Crippen LogP contribution < -0.4 is 5.32 Å². The Morgan fingerprint density at radius 2 is 2.38 bits per heavy atom. The van der Waals surface area contributed by atoms with Crippen LogP contribution in [0.4, 0.5) is 5.13 Å². The van der Waals surface area contributed by atoms with Crippen LogP contribution in [-0.4, -0.2) is 36.7 Å². The molecule has 1 atom stereocenters. The number of Topliss-reactive ketones (excluding diaryl/α,β-unsaturated/α-hetero) is 1. The van der Waals surface area contributed by atoms with Gasteiger partial charge in [-0.25, -0.2) is 13.4 Å². The number of anilines is 1. The van der Waals surface area contributed by atoms with E-state index in [0.717, 1.165) is 0 Å². The predicted octanol–water partition coefficient (Wildman–Crippen LogP) is 0.945. The molecule has 1 aromatic rings. The zero-order valence-electron chi connectivity index (χ0n) is 8.76. The largest absolute Gasteiger partial charge is 0.358 e. The van der Waals surface area contributed by atoms with Gasteiger partial charge in [0, 0.05) is 18.3 Å². The van der Waals surface area contributed by atoms with Crippen molar-refractivity contribution in [3.8, 4) is 0 Å². The number of carbonyl (C=O) groups excluding carboxylic acids is 1. The molecule has 16 heavy (non-hydrogen) atoms. The summed E-state index contributed by atoms with van der Waals surface area (Å²) >= 11 is 1.33. The Labute approximate surface area is 97.8 Å². The summed E-state index contributed by atoms with van der Waals surface area (Å²) in [5, 5.41) is 5.34. The van der Waals surface area contributed by atoms with Crippen molar-refractivity contribution >= 4 is 32.1 Å². The van der Waals surface area contributed by atoms with Gasteiger partial charge in [0.05, 0.1) is 11.5 Å². The lowest BCUT2D eigenvalue weighted by Gasteiger charge is -2.07. The molecule has 2 rings (SSSR count). The lowest BCUT2D eigenvalue weighted by atomic mass is 10.3. The summed E-state index contributed by atoms with van der Waals surface area (Å²) in [5.74, 6) is 0.306. The number of sulfone groups is 1. The Kier molecular flexibility index (Phi) is 2.98. The van der Waals surface area contributed by atoms with Crippen molar-refractivity contribution in [2.45, 2.75) is 19.4 Å².